The molecule has 0 atom stereocenters. The van der Waals surface area contributed by atoms with E-state index in [2.05, 4.69) is 0 Å². The number of carbonyl (C=O) groups is 1. The Morgan fingerprint density at radius 2 is 1.79 bits per heavy atom. The molecule has 0 aromatic heterocycles. The van der Waals surface area contributed by atoms with Crippen LogP contribution in [0.25, 0.3) is 6.08 Å². The fourth-order valence-electron chi connectivity index (χ4n) is 3.19. The Balaban J connectivity index is 1.49. The third kappa shape index (κ3) is 5.05. The van der Waals surface area contributed by atoms with Crippen LogP contribution in [0, 0.1) is 10.1 Å². The highest BCUT2D eigenvalue weighted by Crippen LogP contribution is 2.37. The van der Waals surface area contributed by atoms with Crippen molar-refractivity contribution in [3.8, 4) is 11.5 Å². The molecule has 0 spiro atoms. The molecule has 3 aromatic carbocycles. The second kappa shape index (κ2) is 9.85. The number of nitrogens with zero attached hydrogens (tertiary/aromatic N) is 2. The lowest BCUT2D eigenvalue weighted by atomic mass is 10.1. The molecule has 7 nitrogen and oxygen atoms in total. The first-order valence-corrected chi connectivity index (χ1v) is 11.1. The van der Waals surface area contributed by atoms with E-state index in [-0.39, 0.29) is 18.2 Å². The minimum atomic E-state index is -0.444. The molecule has 3 aromatic rings. The molecular weight excluding hydrogens is 460 g/mol. The van der Waals surface area contributed by atoms with Gasteiger partial charge in [0.1, 0.15) is 6.61 Å². The molecule has 33 heavy (non-hydrogen) atoms. The van der Waals surface area contributed by atoms with Crippen LogP contribution in [0.5, 0.6) is 11.5 Å². The summed E-state index contributed by atoms with van der Waals surface area (Å²) in [5.74, 6) is 0.850. The minimum Gasteiger partial charge on any atom is -0.493 e. The number of thiocarbonyl (C=S) groups is 1. The largest absolute Gasteiger partial charge is 0.493 e. The van der Waals surface area contributed by atoms with Gasteiger partial charge < -0.3 is 9.47 Å². The van der Waals surface area contributed by atoms with Crippen molar-refractivity contribution in [3.63, 3.8) is 0 Å². The van der Waals surface area contributed by atoms with Crippen molar-refractivity contribution in [2.24, 2.45) is 0 Å². The van der Waals surface area contributed by atoms with Gasteiger partial charge in [0, 0.05) is 12.1 Å². The van der Waals surface area contributed by atoms with Gasteiger partial charge in [0.05, 0.1) is 22.6 Å². The zero-order valence-electron chi connectivity index (χ0n) is 17.5. The maximum atomic E-state index is 12.9. The average Bonchev–Trinajstić information content (AvgIpc) is 3.11. The summed E-state index contributed by atoms with van der Waals surface area (Å²) in [4.78, 5) is 25.3. The van der Waals surface area contributed by atoms with Crippen LogP contribution >= 0.6 is 24.0 Å². The zero-order valence-corrected chi connectivity index (χ0v) is 19.1. The van der Waals surface area contributed by atoms with Gasteiger partial charge >= 0.3 is 0 Å². The van der Waals surface area contributed by atoms with Crippen LogP contribution in [0.15, 0.2) is 77.7 Å². The number of para-hydroxylation sites is 1. The topological polar surface area (TPSA) is 81.9 Å². The van der Waals surface area contributed by atoms with Crippen molar-refractivity contribution in [1.82, 2.24) is 0 Å². The van der Waals surface area contributed by atoms with Crippen molar-refractivity contribution in [2.45, 2.75) is 6.61 Å². The molecule has 166 valence electrons. The van der Waals surface area contributed by atoms with Crippen LogP contribution in [0.4, 0.5) is 11.4 Å². The number of methoxy groups -OCH3 is 1. The number of carbonyl (C=O) groups excluding carboxylic acids is 1. The molecule has 1 heterocycles. The minimum absolute atomic E-state index is 0.0263. The second-order valence-electron chi connectivity index (χ2n) is 6.98. The van der Waals surface area contributed by atoms with Gasteiger partial charge in [-0.3, -0.25) is 19.8 Å². The molecule has 0 bridgehead atoms. The quantitative estimate of drug-likeness (QED) is 0.190. The van der Waals surface area contributed by atoms with Gasteiger partial charge in [0.15, 0.2) is 15.8 Å². The fraction of sp³-hybridized carbons (Fsp3) is 0.0833. The van der Waals surface area contributed by atoms with Gasteiger partial charge in [-0.2, -0.15) is 0 Å². The summed E-state index contributed by atoms with van der Waals surface area (Å²) in [7, 11) is 1.53. The first kappa shape index (κ1) is 22.5. The Labute approximate surface area is 199 Å². The number of amides is 1. The number of nitro groups is 1. The van der Waals surface area contributed by atoms with E-state index in [4.69, 9.17) is 21.7 Å². The van der Waals surface area contributed by atoms with Gasteiger partial charge in [0.2, 0.25) is 0 Å². The predicted molar refractivity (Wildman–Crippen MR) is 133 cm³/mol. The maximum absolute atomic E-state index is 12.9. The molecule has 1 fully saturated rings. The van der Waals surface area contributed by atoms with Gasteiger partial charge in [-0.15, -0.1) is 0 Å². The molecule has 0 saturated carbocycles. The van der Waals surface area contributed by atoms with Crippen LogP contribution in [0.1, 0.15) is 11.1 Å². The summed E-state index contributed by atoms with van der Waals surface area (Å²) in [5, 5.41) is 10.8. The third-order valence-electron chi connectivity index (χ3n) is 4.84. The van der Waals surface area contributed by atoms with E-state index < -0.39 is 4.92 Å². The molecule has 1 saturated heterocycles. The van der Waals surface area contributed by atoms with Crippen molar-refractivity contribution < 1.29 is 19.2 Å². The smallest absolute Gasteiger partial charge is 0.270 e. The summed E-state index contributed by atoms with van der Waals surface area (Å²) in [6, 6.07) is 20.8. The maximum Gasteiger partial charge on any atom is 0.270 e. The summed E-state index contributed by atoms with van der Waals surface area (Å²) in [6.07, 6.45) is 1.77. The number of nitro benzene ring substituents is 1. The highest BCUT2D eigenvalue weighted by molar-refractivity contribution is 8.27. The van der Waals surface area contributed by atoms with Gasteiger partial charge in [0.25, 0.3) is 11.6 Å². The number of thioether (sulfide) groups is 1. The van der Waals surface area contributed by atoms with E-state index in [0.717, 1.165) is 16.8 Å². The first-order valence-electron chi connectivity index (χ1n) is 9.83. The highest BCUT2D eigenvalue weighted by Gasteiger charge is 2.33. The van der Waals surface area contributed by atoms with E-state index in [1.54, 1.807) is 30.3 Å². The van der Waals surface area contributed by atoms with E-state index in [1.165, 1.54) is 35.9 Å². The van der Waals surface area contributed by atoms with Crippen molar-refractivity contribution in [3.05, 3.63) is 98.9 Å². The number of hydrogen-bond acceptors (Lipinski definition) is 7. The van der Waals surface area contributed by atoms with Crippen molar-refractivity contribution in [2.75, 3.05) is 12.0 Å². The van der Waals surface area contributed by atoms with Gasteiger partial charge in [-0.25, -0.2) is 0 Å². The Bertz CT molecular complexity index is 1240. The molecule has 1 aliphatic heterocycles. The molecule has 1 amide bonds. The summed E-state index contributed by atoms with van der Waals surface area (Å²) in [6.45, 7) is 0.226. The van der Waals surface area contributed by atoms with Crippen LogP contribution in [-0.4, -0.2) is 22.3 Å². The second-order valence-corrected chi connectivity index (χ2v) is 8.65. The van der Waals surface area contributed by atoms with Gasteiger partial charge in [-0.1, -0.05) is 48.2 Å². The molecule has 0 N–H and O–H groups in total. The van der Waals surface area contributed by atoms with Crippen molar-refractivity contribution >= 4 is 51.7 Å². The Kier molecular flexibility index (Phi) is 6.71. The van der Waals surface area contributed by atoms with Crippen LogP contribution in [0.2, 0.25) is 0 Å². The molecule has 0 radical (unpaired) electrons. The first-order chi connectivity index (χ1) is 16.0. The normalized spacial score (nSPS) is 14.6. The summed E-state index contributed by atoms with van der Waals surface area (Å²) in [5.41, 5.74) is 2.31. The molecule has 0 aliphatic carbocycles. The lowest BCUT2D eigenvalue weighted by molar-refractivity contribution is -0.384. The molecule has 1 aliphatic rings. The van der Waals surface area contributed by atoms with Crippen LogP contribution in [0.3, 0.4) is 0 Å². The zero-order chi connectivity index (χ0) is 23.4. The Hall–Kier alpha value is -3.69. The van der Waals surface area contributed by atoms with Crippen LogP contribution in [-0.2, 0) is 11.4 Å². The number of rotatable bonds is 7. The SMILES string of the molecule is COc1cc(/C=C2\SC(=S)N(c3ccccc3)C2=O)ccc1OCc1ccc([N+](=O)[O-])cc1. The number of non-ortho nitro benzene ring substituents is 1. The monoisotopic (exact) mass is 478 g/mol. The van der Waals surface area contributed by atoms with E-state index in [1.807, 2.05) is 36.4 Å². The predicted octanol–water partition coefficient (Wildman–Crippen LogP) is 5.59. The number of anilines is 1. The molecule has 9 heteroatoms. The van der Waals surface area contributed by atoms with Crippen LogP contribution < -0.4 is 14.4 Å². The standard InChI is InChI=1S/C24H18N2O5S2/c1-30-21-13-17(9-12-20(21)31-15-16-7-10-19(11-8-16)26(28)29)14-22-23(27)25(24(32)33-22)18-5-3-2-4-6-18/h2-14H,15H2,1H3/b22-14-. The Morgan fingerprint density at radius 3 is 2.45 bits per heavy atom. The highest BCUT2D eigenvalue weighted by atomic mass is 32.2. The molecule has 0 unspecified atom stereocenters. The third-order valence-corrected chi connectivity index (χ3v) is 6.14. The molecular formula is C24H18N2O5S2. The lowest BCUT2D eigenvalue weighted by Gasteiger charge is -2.14. The van der Waals surface area contributed by atoms with Gasteiger partial charge in [-0.05, 0) is 53.6 Å². The molecule has 4 rings (SSSR count). The lowest BCUT2D eigenvalue weighted by Crippen LogP contribution is -2.27. The van der Waals surface area contributed by atoms with E-state index in [9.17, 15) is 14.9 Å². The summed E-state index contributed by atoms with van der Waals surface area (Å²) >= 11 is 6.66. The number of hydrogen-bond donors (Lipinski definition) is 0. The Morgan fingerprint density at radius 1 is 1.06 bits per heavy atom. The number of benzene rings is 3. The van der Waals surface area contributed by atoms with E-state index >= 15 is 0 Å². The average molecular weight is 479 g/mol. The van der Waals surface area contributed by atoms with E-state index in [0.29, 0.717) is 20.7 Å². The number of ether oxygens (including phenoxy) is 2. The van der Waals surface area contributed by atoms with Crippen molar-refractivity contribution in [1.29, 1.82) is 0 Å². The summed E-state index contributed by atoms with van der Waals surface area (Å²) < 4.78 is 11.8. The fourth-order valence-corrected chi connectivity index (χ4v) is 4.49.